The van der Waals surface area contributed by atoms with E-state index in [1.807, 2.05) is 0 Å². The fourth-order valence-electron chi connectivity index (χ4n) is 3.35. The molecule has 0 radical (unpaired) electrons. The normalized spacial score (nSPS) is 27.4. The number of rotatable bonds is 4. The molecule has 1 aromatic rings. The lowest BCUT2D eigenvalue weighted by Crippen LogP contribution is -2.54. The molecule has 8 heteroatoms. The third-order valence-electron chi connectivity index (χ3n) is 4.87. The van der Waals surface area contributed by atoms with Gasteiger partial charge in [-0.05, 0) is 43.5 Å². The fraction of sp³-hybridized carbons (Fsp3) is 0.444. The summed E-state index contributed by atoms with van der Waals surface area (Å²) in [6.07, 6.45) is 1.97. The van der Waals surface area contributed by atoms with Crippen LogP contribution >= 0.6 is 0 Å². The number of hydrogen-bond donors (Lipinski definition) is 1. The molecule has 0 aromatic heterocycles. The number of esters is 1. The van der Waals surface area contributed by atoms with Gasteiger partial charge in [0.1, 0.15) is 17.6 Å². The minimum atomic E-state index is -3.18. The van der Waals surface area contributed by atoms with Crippen molar-refractivity contribution < 1.29 is 27.1 Å². The van der Waals surface area contributed by atoms with Crippen LogP contribution in [0.4, 0.5) is 4.39 Å². The minimum absolute atomic E-state index is 0.00452. The lowest BCUT2D eigenvalue weighted by molar-refractivity contribution is -0.151. The van der Waals surface area contributed by atoms with E-state index in [4.69, 9.17) is 4.74 Å². The molecule has 3 atom stereocenters. The summed E-state index contributed by atoms with van der Waals surface area (Å²) in [5, 5.41) is 2.49. The summed E-state index contributed by atoms with van der Waals surface area (Å²) >= 11 is 0. The molecule has 1 heterocycles. The smallest absolute Gasteiger partial charge is 0.354 e. The van der Waals surface area contributed by atoms with E-state index in [1.54, 1.807) is 6.92 Å². The summed E-state index contributed by atoms with van der Waals surface area (Å²) in [7, 11) is -3.18. The number of benzene rings is 1. The quantitative estimate of drug-likeness (QED) is 0.486. The number of sulfone groups is 1. The highest BCUT2D eigenvalue weighted by Crippen LogP contribution is 2.30. The Morgan fingerprint density at radius 1 is 1.31 bits per heavy atom. The van der Waals surface area contributed by atoms with Crippen molar-refractivity contribution in [1.29, 1.82) is 0 Å². The monoisotopic (exact) mass is 381 g/mol. The third-order valence-corrected chi connectivity index (χ3v) is 7.12. The van der Waals surface area contributed by atoms with Crippen LogP contribution in [0.25, 0.3) is 0 Å². The second kappa shape index (κ2) is 7.19. The lowest BCUT2D eigenvalue weighted by atomic mass is 9.90. The molecular weight excluding hydrogens is 361 g/mol. The zero-order valence-corrected chi connectivity index (χ0v) is 15.1. The number of allylic oxidation sites excluding steroid dienone is 1. The van der Waals surface area contributed by atoms with Crippen molar-refractivity contribution in [2.24, 2.45) is 0 Å². The summed E-state index contributed by atoms with van der Waals surface area (Å²) in [5.41, 5.74) is 0.237. The average Bonchev–Trinajstić information content (AvgIpc) is 2.62. The number of morpholine rings is 1. The average molecular weight is 381 g/mol. The Hall–Kier alpha value is -2.22. The van der Waals surface area contributed by atoms with Gasteiger partial charge in [-0.3, -0.25) is 4.79 Å². The Balaban J connectivity index is 1.76. The maximum atomic E-state index is 13.0. The predicted molar refractivity (Wildman–Crippen MR) is 92.7 cm³/mol. The van der Waals surface area contributed by atoms with Crippen LogP contribution < -0.4 is 5.32 Å². The van der Waals surface area contributed by atoms with Crippen molar-refractivity contribution in [1.82, 2.24) is 5.32 Å². The number of fused-ring (bicyclic) bond motifs is 1. The largest absolute Gasteiger partial charge is 0.456 e. The molecule has 1 aliphatic heterocycles. The molecule has 2 fully saturated rings. The highest BCUT2D eigenvalue weighted by molar-refractivity contribution is 7.92. The van der Waals surface area contributed by atoms with Gasteiger partial charge in [0.25, 0.3) is 0 Å². The first-order valence-electron chi connectivity index (χ1n) is 8.51. The van der Waals surface area contributed by atoms with Gasteiger partial charge in [-0.15, -0.1) is 0 Å². The Morgan fingerprint density at radius 2 is 2.00 bits per heavy atom. The van der Waals surface area contributed by atoms with Crippen LogP contribution in [0.5, 0.6) is 0 Å². The number of carbonyl (C=O) groups excluding carboxylic acids is 2. The molecule has 1 saturated carbocycles. The molecule has 3 rings (SSSR count). The van der Waals surface area contributed by atoms with E-state index >= 15 is 0 Å². The SMILES string of the molecule is CCS(=O)(=O)C1CCC2OC(=O)/C(=C/C(=O)c3ccc(F)cc3)NC2C1. The topological polar surface area (TPSA) is 89.5 Å². The molecule has 1 N–H and O–H groups in total. The highest BCUT2D eigenvalue weighted by atomic mass is 32.2. The van der Waals surface area contributed by atoms with E-state index in [2.05, 4.69) is 5.32 Å². The van der Waals surface area contributed by atoms with E-state index in [9.17, 15) is 22.4 Å². The van der Waals surface area contributed by atoms with Crippen molar-refractivity contribution >= 4 is 21.6 Å². The van der Waals surface area contributed by atoms with E-state index in [0.29, 0.717) is 19.3 Å². The summed E-state index contributed by atoms with van der Waals surface area (Å²) < 4.78 is 42.6. The van der Waals surface area contributed by atoms with Crippen LogP contribution in [-0.4, -0.2) is 43.3 Å². The second-order valence-electron chi connectivity index (χ2n) is 6.51. The van der Waals surface area contributed by atoms with Gasteiger partial charge in [0.05, 0.1) is 11.3 Å². The van der Waals surface area contributed by atoms with Gasteiger partial charge in [0, 0.05) is 17.4 Å². The van der Waals surface area contributed by atoms with Crippen LogP contribution in [0.15, 0.2) is 36.0 Å². The highest BCUT2D eigenvalue weighted by Gasteiger charge is 2.41. The molecule has 6 nitrogen and oxygen atoms in total. The Labute approximate surface area is 151 Å². The summed E-state index contributed by atoms with van der Waals surface area (Å²) in [5.74, 6) is -1.49. The first-order chi connectivity index (χ1) is 12.3. The first-order valence-corrected chi connectivity index (χ1v) is 10.2. The van der Waals surface area contributed by atoms with Crippen molar-refractivity contribution in [2.75, 3.05) is 5.75 Å². The summed E-state index contributed by atoms with van der Waals surface area (Å²) in [6.45, 7) is 1.61. The molecule has 0 bridgehead atoms. The Bertz CT molecular complexity index is 847. The summed E-state index contributed by atoms with van der Waals surface area (Å²) in [6, 6.07) is 4.64. The number of hydrogen-bond acceptors (Lipinski definition) is 6. The van der Waals surface area contributed by atoms with Gasteiger partial charge in [-0.2, -0.15) is 0 Å². The molecule has 1 aromatic carbocycles. The van der Waals surface area contributed by atoms with E-state index in [0.717, 1.165) is 18.2 Å². The number of ketones is 1. The molecule has 1 aliphatic carbocycles. The molecule has 0 amide bonds. The number of ether oxygens (including phenoxy) is 1. The molecule has 140 valence electrons. The first kappa shape index (κ1) is 18.6. The van der Waals surface area contributed by atoms with Crippen LogP contribution in [0.2, 0.25) is 0 Å². The minimum Gasteiger partial charge on any atom is -0.456 e. The molecule has 0 spiro atoms. The molecule has 26 heavy (non-hydrogen) atoms. The lowest BCUT2D eigenvalue weighted by Gasteiger charge is -2.39. The van der Waals surface area contributed by atoms with Crippen LogP contribution in [0, 0.1) is 5.82 Å². The van der Waals surface area contributed by atoms with Crippen LogP contribution in [0.1, 0.15) is 36.5 Å². The van der Waals surface area contributed by atoms with Crippen molar-refractivity contribution in [3.63, 3.8) is 0 Å². The molecule has 2 aliphatic rings. The summed E-state index contributed by atoms with van der Waals surface area (Å²) in [4.78, 5) is 24.4. The predicted octanol–water partition coefficient (Wildman–Crippen LogP) is 1.76. The van der Waals surface area contributed by atoms with Crippen molar-refractivity contribution in [2.45, 2.75) is 43.6 Å². The van der Waals surface area contributed by atoms with Gasteiger partial charge in [0.15, 0.2) is 15.6 Å². The van der Waals surface area contributed by atoms with Gasteiger partial charge in [-0.25, -0.2) is 17.6 Å². The zero-order chi connectivity index (χ0) is 18.9. The van der Waals surface area contributed by atoms with Crippen LogP contribution in [-0.2, 0) is 19.4 Å². The maximum absolute atomic E-state index is 13.0. The zero-order valence-electron chi connectivity index (χ0n) is 14.3. The van der Waals surface area contributed by atoms with Crippen molar-refractivity contribution in [3.8, 4) is 0 Å². The second-order valence-corrected chi connectivity index (χ2v) is 9.08. The maximum Gasteiger partial charge on any atom is 0.354 e. The molecule has 3 unspecified atom stereocenters. The standard InChI is InChI=1S/C18H20FNO5S/c1-2-26(23,24)13-7-8-17-14(9-13)20-15(18(22)25-17)10-16(21)11-3-5-12(19)6-4-11/h3-6,10,13-14,17,20H,2,7-9H2,1H3/b15-10-. The molecule has 1 saturated heterocycles. The van der Waals surface area contributed by atoms with E-state index in [-0.39, 0.29) is 23.1 Å². The van der Waals surface area contributed by atoms with E-state index < -0.39 is 38.8 Å². The van der Waals surface area contributed by atoms with E-state index in [1.165, 1.54) is 12.1 Å². The Morgan fingerprint density at radius 3 is 2.65 bits per heavy atom. The Kier molecular flexibility index (Phi) is 5.13. The fourth-order valence-corrected chi connectivity index (χ4v) is 4.81. The van der Waals surface area contributed by atoms with Gasteiger partial charge in [0.2, 0.25) is 0 Å². The van der Waals surface area contributed by atoms with Gasteiger partial charge < -0.3 is 10.1 Å². The number of halogens is 1. The van der Waals surface area contributed by atoms with Crippen molar-refractivity contribution in [3.05, 3.63) is 47.4 Å². The number of carbonyl (C=O) groups is 2. The van der Waals surface area contributed by atoms with Gasteiger partial charge in [-0.1, -0.05) is 6.92 Å². The third kappa shape index (κ3) is 3.80. The van der Waals surface area contributed by atoms with Crippen LogP contribution in [0.3, 0.4) is 0 Å². The van der Waals surface area contributed by atoms with Gasteiger partial charge >= 0.3 is 5.97 Å². The number of nitrogens with one attached hydrogen (secondary N) is 1. The molecular formula is C18H20FNO5S.